The molecule has 0 saturated carbocycles. The molecule has 1 amide bonds. The summed E-state index contributed by atoms with van der Waals surface area (Å²) in [4.78, 5) is 16.5. The maximum absolute atomic E-state index is 12.8. The fourth-order valence-corrected chi connectivity index (χ4v) is 5.43. The highest BCUT2D eigenvalue weighted by atomic mass is 35.5. The minimum Gasteiger partial charge on any atom is -0.325 e. The lowest BCUT2D eigenvalue weighted by molar-refractivity contribution is -0.113. The van der Waals surface area contributed by atoms with Gasteiger partial charge in [-0.05, 0) is 49.2 Å². The first-order valence-electron chi connectivity index (χ1n) is 9.10. The molecule has 0 bridgehead atoms. The zero-order valence-corrected chi connectivity index (χ0v) is 17.7. The molecule has 0 unspecified atom stereocenters. The van der Waals surface area contributed by atoms with Crippen molar-refractivity contribution in [1.29, 1.82) is 0 Å². The van der Waals surface area contributed by atoms with E-state index in [-0.39, 0.29) is 16.6 Å². The van der Waals surface area contributed by atoms with Crippen LogP contribution in [0.2, 0.25) is 5.02 Å². The van der Waals surface area contributed by atoms with Gasteiger partial charge in [0.25, 0.3) is 0 Å². The maximum Gasteiger partial charge on any atom is 0.243 e. The van der Waals surface area contributed by atoms with Gasteiger partial charge in [0.05, 0.1) is 15.7 Å². The normalized spacial score (nSPS) is 15.8. The molecular formula is C19H22ClN3O3S2. The Kier molecular flexibility index (Phi) is 7.34. The molecule has 2 aromatic rings. The zero-order valence-electron chi connectivity index (χ0n) is 15.3. The number of halogens is 1. The van der Waals surface area contributed by atoms with Crippen molar-refractivity contribution < 1.29 is 13.2 Å². The Bertz CT molecular complexity index is 912. The van der Waals surface area contributed by atoms with Crippen LogP contribution in [0.5, 0.6) is 0 Å². The molecule has 6 nitrogen and oxygen atoms in total. The lowest BCUT2D eigenvalue weighted by Crippen LogP contribution is -2.31. The molecule has 0 aliphatic carbocycles. The summed E-state index contributed by atoms with van der Waals surface area (Å²) >= 11 is 7.27. The number of rotatable bonds is 6. The van der Waals surface area contributed by atoms with E-state index in [1.54, 1.807) is 46.9 Å². The topological polar surface area (TPSA) is 79.4 Å². The number of nitrogens with zero attached hydrogens (tertiary/aromatic N) is 2. The first kappa shape index (κ1) is 21.1. The number of carbonyl (C=O) groups excluding carboxylic acids is 1. The molecule has 0 radical (unpaired) electrons. The van der Waals surface area contributed by atoms with Gasteiger partial charge in [0.1, 0.15) is 5.03 Å². The van der Waals surface area contributed by atoms with E-state index in [1.807, 2.05) is 0 Å². The van der Waals surface area contributed by atoms with Crippen LogP contribution in [0.1, 0.15) is 25.7 Å². The fourth-order valence-electron chi connectivity index (χ4n) is 2.95. The van der Waals surface area contributed by atoms with Crippen LogP contribution >= 0.6 is 23.4 Å². The lowest BCUT2D eigenvalue weighted by atomic mass is 10.2. The van der Waals surface area contributed by atoms with Gasteiger partial charge in [-0.2, -0.15) is 4.31 Å². The molecule has 9 heteroatoms. The summed E-state index contributed by atoms with van der Waals surface area (Å²) < 4.78 is 27.1. The van der Waals surface area contributed by atoms with Gasteiger partial charge in [0.2, 0.25) is 15.9 Å². The number of sulfonamides is 1. The van der Waals surface area contributed by atoms with Crippen molar-refractivity contribution >= 4 is 45.0 Å². The SMILES string of the molecule is O=C(CSc1ncccc1Cl)Nc1ccc(S(=O)(=O)N2CCCCCC2)cc1. The molecule has 1 aliphatic heterocycles. The van der Waals surface area contributed by atoms with Crippen molar-refractivity contribution in [2.24, 2.45) is 0 Å². The predicted octanol–water partition coefficient (Wildman–Crippen LogP) is 4.03. The van der Waals surface area contributed by atoms with E-state index in [9.17, 15) is 13.2 Å². The maximum atomic E-state index is 12.8. The van der Waals surface area contributed by atoms with Crippen molar-refractivity contribution in [2.45, 2.75) is 35.6 Å². The summed E-state index contributed by atoms with van der Waals surface area (Å²) in [5.41, 5.74) is 0.549. The Morgan fingerprint density at radius 3 is 2.43 bits per heavy atom. The second-order valence-electron chi connectivity index (χ2n) is 6.47. The predicted molar refractivity (Wildman–Crippen MR) is 112 cm³/mol. The molecule has 1 aliphatic rings. The minimum atomic E-state index is -3.49. The summed E-state index contributed by atoms with van der Waals surface area (Å²) in [6, 6.07) is 9.76. The largest absolute Gasteiger partial charge is 0.325 e. The monoisotopic (exact) mass is 439 g/mol. The van der Waals surface area contributed by atoms with Crippen LogP contribution in [-0.2, 0) is 14.8 Å². The van der Waals surface area contributed by atoms with E-state index < -0.39 is 10.0 Å². The van der Waals surface area contributed by atoms with Crippen LogP contribution < -0.4 is 5.32 Å². The molecule has 1 N–H and O–H groups in total. The van der Waals surface area contributed by atoms with Crippen LogP contribution in [-0.4, -0.2) is 42.5 Å². The zero-order chi connectivity index (χ0) is 20.0. The molecule has 3 rings (SSSR count). The summed E-state index contributed by atoms with van der Waals surface area (Å²) in [6.07, 6.45) is 5.55. The Balaban J connectivity index is 1.59. The molecule has 1 saturated heterocycles. The van der Waals surface area contributed by atoms with Crippen molar-refractivity contribution in [3.05, 3.63) is 47.6 Å². The van der Waals surface area contributed by atoms with Crippen molar-refractivity contribution in [1.82, 2.24) is 9.29 Å². The second-order valence-corrected chi connectivity index (χ2v) is 9.78. The molecule has 0 spiro atoms. The Hall–Kier alpha value is -1.61. The Morgan fingerprint density at radius 1 is 1.11 bits per heavy atom. The molecule has 2 heterocycles. The second kappa shape index (κ2) is 9.73. The fraction of sp³-hybridized carbons (Fsp3) is 0.368. The van der Waals surface area contributed by atoms with E-state index in [2.05, 4.69) is 10.3 Å². The highest BCUT2D eigenvalue weighted by molar-refractivity contribution is 8.00. The third-order valence-corrected chi connectivity index (χ3v) is 7.74. The number of aromatic nitrogens is 1. The molecule has 150 valence electrons. The van der Waals surface area contributed by atoms with E-state index >= 15 is 0 Å². The smallest absolute Gasteiger partial charge is 0.243 e. The van der Waals surface area contributed by atoms with E-state index in [4.69, 9.17) is 11.6 Å². The number of anilines is 1. The van der Waals surface area contributed by atoms with Gasteiger partial charge >= 0.3 is 0 Å². The van der Waals surface area contributed by atoms with Crippen LogP contribution in [0, 0.1) is 0 Å². The van der Waals surface area contributed by atoms with E-state index in [0.717, 1.165) is 25.7 Å². The summed E-state index contributed by atoms with van der Waals surface area (Å²) in [5.74, 6) is -0.0558. The highest BCUT2D eigenvalue weighted by Gasteiger charge is 2.24. The van der Waals surface area contributed by atoms with Crippen LogP contribution in [0.4, 0.5) is 5.69 Å². The van der Waals surface area contributed by atoms with Crippen LogP contribution in [0.25, 0.3) is 0 Å². The van der Waals surface area contributed by atoms with Gasteiger partial charge in [0.15, 0.2) is 0 Å². The average Bonchev–Trinajstić information content (AvgIpc) is 2.98. The Morgan fingerprint density at radius 2 is 1.79 bits per heavy atom. The third-order valence-electron chi connectivity index (χ3n) is 4.41. The minimum absolute atomic E-state index is 0.157. The number of hydrogen-bond donors (Lipinski definition) is 1. The van der Waals surface area contributed by atoms with Gasteiger partial charge < -0.3 is 5.32 Å². The first-order valence-corrected chi connectivity index (χ1v) is 11.9. The molecular weight excluding hydrogens is 418 g/mol. The number of carbonyl (C=O) groups is 1. The molecule has 1 aromatic carbocycles. The number of benzene rings is 1. The number of nitrogens with one attached hydrogen (secondary N) is 1. The number of hydrogen-bond acceptors (Lipinski definition) is 5. The van der Waals surface area contributed by atoms with Gasteiger partial charge in [-0.25, -0.2) is 13.4 Å². The van der Waals surface area contributed by atoms with Crippen LogP contribution in [0.3, 0.4) is 0 Å². The molecule has 1 aromatic heterocycles. The van der Waals surface area contributed by atoms with Gasteiger partial charge in [0, 0.05) is 25.0 Å². The van der Waals surface area contributed by atoms with E-state index in [1.165, 1.54) is 11.8 Å². The Labute approximate surface area is 174 Å². The summed E-state index contributed by atoms with van der Waals surface area (Å²) in [5, 5.41) is 3.86. The van der Waals surface area contributed by atoms with Crippen molar-refractivity contribution in [3.63, 3.8) is 0 Å². The van der Waals surface area contributed by atoms with Crippen LogP contribution in [0.15, 0.2) is 52.5 Å². The number of thioether (sulfide) groups is 1. The van der Waals surface area contributed by atoms with Gasteiger partial charge in [-0.15, -0.1) is 0 Å². The molecule has 1 fully saturated rings. The standard InChI is InChI=1S/C19H22ClN3O3S2/c20-17-6-5-11-21-19(17)27-14-18(24)22-15-7-9-16(10-8-15)28(25,26)23-12-3-1-2-4-13-23/h5-11H,1-4,12-14H2,(H,22,24). The van der Waals surface area contributed by atoms with E-state index in [0.29, 0.717) is 28.8 Å². The van der Waals surface area contributed by atoms with Crippen molar-refractivity contribution in [3.8, 4) is 0 Å². The van der Waals surface area contributed by atoms with Gasteiger partial charge in [-0.1, -0.05) is 36.2 Å². The quantitative estimate of drug-likeness (QED) is 0.687. The number of pyridine rings is 1. The van der Waals surface area contributed by atoms with Gasteiger partial charge in [-0.3, -0.25) is 4.79 Å². The first-order chi connectivity index (χ1) is 13.5. The number of amides is 1. The molecule has 0 atom stereocenters. The lowest BCUT2D eigenvalue weighted by Gasteiger charge is -2.20. The third kappa shape index (κ3) is 5.47. The van der Waals surface area contributed by atoms with Crippen molar-refractivity contribution in [2.75, 3.05) is 24.2 Å². The highest BCUT2D eigenvalue weighted by Crippen LogP contribution is 2.25. The summed E-state index contributed by atoms with van der Waals surface area (Å²) in [7, 11) is -3.49. The summed E-state index contributed by atoms with van der Waals surface area (Å²) in [6.45, 7) is 1.13. The average molecular weight is 440 g/mol. The molecule has 28 heavy (non-hydrogen) atoms.